The molecule has 0 aliphatic heterocycles. The maximum Gasteiger partial charge on any atom is 0.309 e. The van der Waals surface area contributed by atoms with Crippen LogP contribution in [-0.4, -0.2) is 24.3 Å². The molecule has 1 atom stereocenters. The summed E-state index contributed by atoms with van der Waals surface area (Å²) in [5, 5.41) is 9.12. The molecule has 0 heterocycles. The van der Waals surface area contributed by atoms with Gasteiger partial charge in [-0.2, -0.15) is 0 Å². The molecule has 0 saturated carbocycles. The van der Waals surface area contributed by atoms with Crippen LogP contribution in [0.1, 0.15) is 40.5 Å². The number of hydrogen-bond donors (Lipinski definition) is 1. The Bertz CT molecular complexity index is 177. The van der Waals surface area contributed by atoms with Gasteiger partial charge in [-0.05, 0) is 32.6 Å². The van der Waals surface area contributed by atoms with Crippen molar-refractivity contribution in [3.8, 4) is 0 Å². The first-order chi connectivity index (χ1) is 6.45. The van der Waals surface area contributed by atoms with Crippen LogP contribution >= 0.6 is 0 Å². The minimum atomic E-state index is -0.705. The van der Waals surface area contributed by atoms with Crippen molar-refractivity contribution in [1.29, 1.82) is 0 Å². The number of aliphatic carboxylic acids is 1. The third-order valence-electron chi connectivity index (χ3n) is 2.95. The molecule has 84 valence electrons. The average molecular weight is 202 g/mol. The molecule has 1 unspecified atom stereocenters. The van der Waals surface area contributed by atoms with E-state index in [-0.39, 0.29) is 5.92 Å². The molecule has 0 aromatic carbocycles. The second kappa shape index (κ2) is 6.02. The summed E-state index contributed by atoms with van der Waals surface area (Å²) in [5.41, 5.74) is -0.614. The van der Waals surface area contributed by atoms with Gasteiger partial charge in [-0.3, -0.25) is 4.79 Å². The molecule has 0 saturated heterocycles. The molecular formula is C11H22O3. The first kappa shape index (κ1) is 13.4. The van der Waals surface area contributed by atoms with Crippen LogP contribution in [0.4, 0.5) is 0 Å². The minimum Gasteiger partial charge on any atom is -0.481 e. The number of hydrogen-bond acceptors (Lipinski definition) is 2. The standard InChI is InChI=1S/C11H22O3/c1-5-14-8-6-7-11(4,9(2)3)10(12)13/h9H,5-8H2,1-4H3,(H,12,13). The largest absolute Gasteiger partial charge is 0.481 e. The number of carboxylic acids is 1. The Morgan fingerprint density at radius 1 is 1.50 bits per heavy atom. The highest BCUT2D eigenvalue weighted by molar-refractivity contribution is 5.74. The van der Waals surface area contributed by atoms with Crippen molar-refractivity contribution >= 4 is 5.97 Å². The fraction of sp³-hybridized carbons (Fsp3) is 0.909. The van der Waals surface area contributed by atoms with Crippen LogP contribution in [0.15, 0.2) is 0 Å². The average Bonchev–Trinajstić information content (AvgIpc) is 2.11. The second-order valence-corrected chi connectivity index (χ2v) is 4.18. The number of rotatable bonds is 7. The summed E-state index contributed by atoms with van der Waals surface area (Å²) in [6.45, 7) is 9.02. The molecule has 0 spiro atoms. The van der Waals surface area contributed by atoms with Crippen LogP contribution in [0.2, 0.25) is 0 Å². The van der Waals surface area contributed by atoms with Crippen molar-refractivity contribution in [2.45, 2.75) is 40.5 Å². The van der Waals surface area contributed by atoms with E-state index < -0.39 is 11.4 Å². The lowest BCUT2D eigenvalue weighted by Crippen LogP contribution is -2.33. The van der Waals surface area contributed by atoms with E-state index in [1.165, 1.54) is 0 Å². The van der Waals surface area contributed by atoms with Gasteiger partial charge in [0.25, 0.3) is 0 Å². The summed E-state index contributed by atoms with van der Waals surface area (Å²) in [6.07, 6.45) is 1.49. The lowest BCUT2D eigenvalue weighted by molar-refractivity contribution is -0.151. The molecule has 3 heteroatoms. The van der Waals surface area contributed by atoms with Crippen LogP contribution in [0.5, 0.6) is 0 Å². The van der Waals surface area contributed by atoms with Crippen LogP contribution in [-0.2, 0) is 9.53 Å². The molecular weight excluding hydrogens is 180 g/mol. The predicted molar refractivity (Wildman–Crippen MR) is 56.3 cm³/mol. The summed E-state index contributed by atoms with van der Waals surface area (Å²) >= 11 is 0. The molecule has 0 fully saturated rings. The monoisotopic (exact) mass is 202 g/mol. The van der Waals surface area contributed by atoms with E-state index in [0.29, 0.717) is 19.6 Å². The molecule has 1 N–H and O–H groups in total. The van der Waals surface area contributed by atoms with Crippen LogP contribution < -0.4 is 0 Å². The Morgan fingerprint density at radius 3 is 2.43 bits per heavy atom. The zero-order chi connectivity index (χ0) is 11.2. The van der Waals surface area contributed by atoms with Gasteiger partial charge < -0.3 is 9.84 Å². The van der Waals surface area contributed by atoms with Crippen LogP contribution in [0.25, 0.3) is 0 Å². The van der Waals surface area contributed by atoms with Crippen molar-refractivity contribution in [2.75, 3.05) is 13.2 Å². The van der Waals surface area contributed by atoms with E-state index >= 15 is 0 Å². The maximum atomic E-state index is 11.1. The zero-order valence-corrected chi connectivity index (χ0v) is 9.67. The Labute approximate surface area is 86.5 Å². The Kier molecular flexibility index (Phi) is 5.77. The van der Waals surface area contributed by atoms with Crippen molar-refractivity contribution in [2.24, 2.45) is 11.3 Å². The molecule has 0 aliphatic rings. The lowest BCUT2D eigenvalue weighted by atomic mass is 9.75. The van der Waals surface area contributed by atoms with Crippen molar-refractivity contribution in [3.63, 3.8) is 0 Å². The SMILES string of the molecule is CCOCCCC(C)(C(=O)O)C(C)C. The van der Waals surface area contributed by atoms with E-state index in [0.717, 1.165) is 6.42 Å². The number of carbonyl (C=O) groups is 1. The van der Waals surface area contributed by atoms with E-state index in [9.17, 15) is 4.79 Å². The fourth-order valence-corrected chi connectivity index (χ4v) is 1.33. The normalized spacial score (nSPS) is 15.5. The third-order valence-corrected chi connectivity index (χ3v) is 2.95. The number of carboxylic acid groups (broad SMARTS) is 1. The van der Waals surface area contributed by atoms with Gasteiger partial charge in [0, 0.05) is 13.2 Å². The molecule has 0 amide bonds. The molecule has 14 heavy (non-hydrogen) atoms. The van der Waals surface area contributed by atoms with Gasteiger partial charge in [-0.15, -0.1) is 0 Å². The Balaban J connectivity index is 4.05. The molecule has 3 nitrogen and oxygen atoms in total. The lowest BCUT2D eigenvalue weighted by Gasteiger charge is -2.28. The van der Waals surface area contributed by atoms with E-state index in [4.69, 9.17) is 9.84 Å². The molecule has 0 rings (SSSR count). The van der Waals surface area contributed by atoms with Crippen LogP contribution in [0, 0.1) is 11.3 Å². The summed E-state index contributed by atoms with van der Waals surface area (Å²) in [7, 11) is 0. The molecule has 0 radical (unpaired) electrons. The van der Waals surface area contributed by atoms with Gasteiger partial charge in [-0.1, -0.05) is 13.8 Å². The second-order valence-electron chi connectivity index (χ2n) is 4.18. The number of ether oxygens (including phenoxy) is 1. The summed E-state index contributed by atoms with van der Waals surface area (Å²) in [4.78, 5) is 11.1. The van der Waals surface area contributed by atoms with E-state index in [1.807, 2.05) is 27.7 Å². The Hall–Kier alpha value is -0.570. The van der Waals surface area contributed by atoms with Gasteiger partial charge in [-0.25, -0.2) is 0 Å². The van der Waals surface area contributed by atoms with Gasteiger partial charge >= 0.3 is 5.97 Å². The van der Waals surface area contributed by atoms with Gasteiger partial charge in [0.2, 0.25) is 0 Å². The molecule has 0 bridgehead atoms. The highest BCUT2D eigenvalue weighted by atomic mass is 16.5. The van der Waals surface area contributed by atoms with Gasteiger partial charge in [0.15, 0.2) is 0 Å². The molecule has 0 aromatic rings. The minimum absolute atomic E-state index is 0.154. The smallest absolute Gasteiger partial charge is 0.309 e. The van der Waals surface area contributed by atoms with Crippen LogP contribution in [0.3, 0.4) is 0 Å². The van der Waals surface area contributed by atoms with Crippen molar-refractivity contribution in [1.82, 2.24) is 0 Å². The highest BCUT2D eigenvalue weighted by Crippen LogP contribution is 2.32. The maximum absolute atomic E-state index is 11.1. The van der Waals surface area contributed by atoms with Crippen molar-refractivity contribution in [3.05, 3.63) is 0 Å². The third kappa shape index (κ3) is 3.66. The Morgan fingerprint density at radius 2 is 2.07 bits per heavy atom. The summed E-state index contributed by atoms with van der Waals surface area (Å²) in [6, 6.07) is 0. The quantitative estimate of drug-likeness (QED) is 0.645. The highest BCUT2D eigenvalue weighted by Gasteiger charge is 2.35. The summed E-state index contributed by atoms with van der Waals surface area (Å²) in [5.74, 6) is -0.550. The first-order valence-corrected chi connectivity index (χ1v) is 5.26. The summed E-state index contributed by atoms with van der Waals surface area (Å²) < 4.78 is 5.20. The first-order valence-electron chi connectivity index (χ1n) is 5.26. The van der Waals surface area contributed by atoms with Gasteiger partial charge in [0.05, 0.1) is 5.41 Å². The van der Waals surface area contributed by atoms with E-state index in [1.54, 1.807) is 0 Å². The topological polar surface area (TPSA) is 46.5 Å². The zero-order valence-electron chi connectivity index (χ0n) is 9.67. The predicted octanol–water partition coefficient (Wildman–Crippen LogP) is 2.55. The fourth-order valence-electron chi connectivity index (χ4n) is 1.33. The molecule has 0 aliphatic carbocycles. The van der Waals surface area contributed by atoms with Crippen molar-refractivity contribution < 1.29 is 14.6 Å². The molecule has 0 aromatic heterocycles. The van der Waals surface area contributed by atoms with E-state index in [2.05, 4.69) is 0 Å². The van der Waals surface area contributed by atoms with Gasteiger partial charge in [0.1, 0.15) is 0 Å².